The second-order valence-electron chi connectivity index (χ2n) is 17.3. The van der Waals surface area contributed by atoms with Gasteiger partial charge in [0.2, 0.25) is 0 Å². The molecule has 2 unspecified atom stereocenters. The number of aliphatic carboxylic acids is 2. The number of carbonyl (C=O) groups excluding carboxylic acids is 2. The minimum absolute atomic E-state index is 0.0179. The van der Waals surface area contributed by atoms with Crippen molar-refractivity contribution in [2.45, 2.75) is 126 Å². The molecule has 7 nitrogen and oxygen atoms in total. The quantitative estimate of drug-likeness (QED) is 0.318. The Morgan fingerprint density at radius 3 is 2.09 bits per heavy atom. The average molecular weight is 599 g/mol. The zero-order chi connectivity index (χ0) is 32.1. The van der Waals surface area contributed by atoms with Gasteiger partial charge in [0.1, 0.15) is 6.10 Å². The lowest BCUT2D eigenvalue weighted by Crippen LogP contribution is -2.66. The van der Waals surface area contributed by atoms with Gasteiger partial charge in [-0.2, -0.15) is 0 Å². The topological polar surface area (TPSA) is 118 Å². The van der Waals surface area contributed by atoms with Crippen LogP contribution in [-0.2, 0) is 23.9 Å². The Kier molecular flexibility index (Phi) is 7.42. The molecule has 0 saturated heterocycles. The van der Waals surface area contributed by atoms with E-state index in [1.54, 1.807) is 13.8 Å². The first-order chi connectivity index (χ1) is 19.7. The van der Waals surface area contributed by atoms with E-state index in [1.165, 1.54) is 5.57 Å². The lowest BCUT2D eigenvalue weighted by molar-refractivity contribution is -0.213. The molecule has 43 heavy (non-hydrogen) atoms. The van der Waals surface area contributed by atoms with Crippen molar-refractivity contribution < 1.29 is 34.1 Å². The van der Waals surface area contributed by atoms with E-state index in [2.05, 4.69) is 41.5 Å². The highest BCUT2D eigenvalue weighted by Crippen LogP contribution is 2.75. The van der Waals surface area contributed by atoms with Crippen LogP contribution in [0.25, 0.3) is 0 Å². The van der Waals surface area contributed by atoms with Crippen molar-refractivity contribution >= 4 is 23.7 Å². The Morgan fingerprint density at radius 2 is 1.49 bits per heavy atom. The summed E-state index contributed by atoms with van der Waals surface area (Å²) in [6.45, 7) is 18.7. The third kappa shape index (κ3) is 4.40. The van der Waals surface area contributed by atoms with Gasteiger partial charge < -0.3 is 14.9 Å². The van der Waals surface area contributed by atoms with Crippen molar-refractivity contribution in [3.05, 3.63) is 11.6 Å². The van der Waals surface area contributed by atoms with Gasteiger partial charge in [0.05, 0.1) is 17.3 Å². The van der Waals surface area contributed by atoms with Crippen molar-refractivity contribution in [3.8, 4) is 0 Å². The van der Waals surface area contributed by atoms with E-state index in [4.69, 9.17) is 4.74 Å². The summed E-state index contributed by atoms with van der Waals surface area (Å²) in [6.07, 6.45) is 9.09. The first-order valence-corrected chi connectivity index (χ1v) is 16.6. The highest BCUT2D eigenvalue weighted by atomic mass is 16.5. The van der Waals surface area contributed by atoms with Crippen molar-refractivity contribution in [2.75, 3.05) is 0 Å². The van der Waals surface area contributed by atoms with Crippen LogP contribution in [0.2, 0.25) is 0 Å². The van der Waals surface area contributed by atoms with Crippen molar-refractivity contribution in [2.24, 2.45) is 62.1 Å². The average Bonchev–Trinajstić information content (AvgIpc) is 2.91. The number of hydrogen-bond acceptors (Lipinski definition) is 5. The fourth-order valence-corrected chi connectivity index (χ4v) is 11.2. The molecule has 5 aliphatic rings. The van der Waals surface area contributed by atoms with Crippen molar-refractivity contribution in [3.63, 3.8) is 0 Å². The molecule has 0 aliphatic heterocycles. The Morgan fingerprint density at radius 1 is 0.860 bits per heavy atom. The minimum Gasteiger partial charge on any atom is -0.481 e. The van der Waals surface area contributed by atoms with Crippen LogP contribution in [-0.4, -0.2) is 40.0 Å². The number of carboxylic acid groups (broad SMARTS) is 2. The van der Waals surface area contributed by atoms with Crippen LogP contribution in [0.1, 0.15) is 120 Å². The third-order valence-electron chi connectivity index (χ3n) is 14.8. The zero-order valence-corrected chi connectivity index (χ0v) is 27.8. The Bertz CT molecular complexity index is 1270. The van der Waals surface area contributed by atoms with E-state index in [-0.39, 0.29) is 56.7 Å². The molecule has 11 atom stereocenters. The molecule has 0 bridgehead atoms. The molecular weight excluding hydrogens is 544 g/mol. The maximum absolute atomic E-state index is 14.5. The van der Waals surface area contributed by atoms with Crippen molar-refractivity contribution in [1.29, 1.82) is 0 Å². The Labute approximate surface area is 257 Å². The van der Waals surface area contributed by atoms with Gasteiger partial charge in [-0.05, 0) is 104 Å². The number of carbonyl (C=O) groups is 4. The summed E-state index contributed by atoms with van der Waals surface area (Å²) in [5.74, 6) is -3.46. The van der Waals surface area contributed by atoms with Gasteiger partial charge in [0, 0.05) is 11.3 Å². The van der Waals surface area contributed by atoms with Gasteiger partial charge in [-0.15, -0.1) is 0 Å². The largest absolute Gasteiger partial charge is 0.481 e. The number of fused-ring (bicyclic) bond motifs is 7. The zero-order valence-electron chi connectivity index (χ0n) is 27.8. The first-order valence-electron chi connectivity index (χ1n) is 16.6. The lowest BCUT2D eigenvalue weighted by Gasteiger charge is -2.70. The molecule has 0 amide bonds. The highest BCUT2D eigenvalue weighted by molar-refractivity contribution is 5.95. The van der Waals surface area contributed by atoms with Crippen LogP contribution < -0.4 is 0 Å². The minimum atomic E-state index is -1.01. The first kappa shape index (κ1) is 32.2. The number of ketones is 1. The summed E-state index contributed by atoms with van der Waals surface area (Å²) in [5, 5.41) is 19.6. The Hall–Kier alpha value is -2.18. The second kappa shape index (κ2) is 9.91. The molecule has 240 valence electrons. The summed E-state index contributed by atoms with van der Waals surface area (Å²) in [5.41, 5.74) is -0.622. The summed E-state index contributed by atoms with van der Waals surface area (Å²) < 4.78 is 6.09. The molecule has 0 aromatic heterocycles. The molecule has 7 heteroatoms. The molecule has 0 spiro atoms. The normalized spacial score (nSPS) is 46.5. The number of esters is 1. The van der Waals surface area contributed by atoms with Crippen LogP contribution in [0, 0.1) is 62.1 Å². The molecule has 0 heterocycles. The lowest BCUT2D eigenvalue weighted by atomic mass is 9.33. The van der Waals surface area contributed by atoms with Crippen LogP contribution in [0.4, 0.5) is 0 Å². The molecule has 0 aromatic rings. The fraction of sp³-hybridized carbons (Fsp3) is 0.833. The van der Waals surface area contributed by atoms with E-state index in [0.717, 1.165) is 38.5 Å². The van der Waals surface area contributed by atoms with Crippen molar-refractivity contribution in [1.82, 2.24) is 0 Å². The summed E-state index contributed by atoms with van der Waals surface area (Å²) in [7, 11) is 0. The van der Waals surface area contributed by atoms with Gasteiger partial charge >= 0.3 is 17.9 Å². The van der Waals surface area contributed by atoms with Gasteiger partial charge in [0.15, 0.2) is 5.78 Å². The molecular formula is C36H54O7. The Balaban J connectivity index is 1.48. The summed E-state index contributed by atoms with van der Waals surface area (Å²) in [6, 6.07) is 0. The molecule has 5 aliphatic carbocycles. The summed E-state index contributed by atoms with van der Waals surface area (Å²) in [4.78, 5) is 51.5. The number of ether oxygens (including phenoxy) is 1. The maximum Gasteiger partial charge on any atom is 0.309 e. The fourth-order valence-electron chi connectivity index (χ4n) is 11.2. The second-order valence-corrected chi connectivity index (χ2v) is 17.3. The van der Waals surface area contributed by atoms with E-state index >= 15 is 0 Å². The van der Waals surface area contributed by atoms with Crippen LogP contribution in [0.3, 0.4) is 0 Å². The molecule has 0 radical (unpaired) electrons. The standard InChI is InChI=1S/C36H54O7/c1-20(28(38)39)21(2)29(40)43-26-11-12-34(7)25(31(26,3)4)10-13-36(9)27(34)24(37)18-22-23-19-33(6,30(41)42)15-14-32(23,5)16-17-35(22,36)8/h18,20-21,23,25-27H,10-17,19H2,1-9H3,(H,38,39)(H,41,42)/t20?,21?,23-,25-,26-,27+,32+,33-,34-,35+,36+/m0/s1. The van der Waals surface area contributed by atoms with Crippen LogP contribution in [0.5, 0.6) is 0 Å². The number of rotatable bonds is 5. The molecule has 0 aromatic carbocycles. The predicted octanol–water partition coefficient (Wildman–Crippen LogP) is 7.32. The molecule has 4 fully saturated rings. The number of carboxylic acids is 2. The molecule has 5 rings (SSSR count). The monoisotopic (exact) mass is 598 g/mol. The van der Waals surface area contributed by atoms with E-state index in [9.17, 15) is 29.4 Å². The molecule has 2 N–H and O–H groups in total. The van der Waals surface area contributed by atoms with E-state index < -0.39 is 35.2 Å². The maximum atomic E-state index is 14.5. The number of hydrogen-bond donors (Lipinski definition) is 2. The predicted molar refractivity (Wildman–Crippen MR) is 163 cm³/mol. The smallest absolute Gasteiger partial charge is 0.309 e. The van der Waals surface area contributed by atoms with E-state index in [0.29, 0.717) is 19.3 Å². The van der Waals surface area contributed by atoms with Gasteiger partial charge in [-0.1, -0.05) is 61.0 Å². The van der Waals surface area contributed by atoms with Crippen LogP contribution in [0.15, 0.2) is 11.6 Å². The summed E-state index contributed by atoms with van der Waals surface area (Å²) >= 11 is 0. The number of allylic oxidation sites excluding steroid dienone is 2. The molecule has 4 saturated carbocycles. The van der Waals surface area contributed by atoms with Gasteiger partial charge in [-0.3, -0.25) is 19.2 Å². The third-order valence-corrected chi connectivity index (χ3v) is 14.8. The van der Waals surface area contributed by atoms with Gasteiger partial charge in [0.25, 0.3) is 0 Å². The SMILES string of the molecule is CC(C(=O)O)C(C)C(=O)O[C@H]1CC[C@]2(C)[C@H]3C(=O)C=C4[C@@H]5C[C@@](C)(C(=O)O)CC[C@]5(C)CC[C@@]4(C)[C@]3(C)CC[C@H]2C1(C)C. The van der Waals surface area contributed by atoms with Gasteiger partial charge in [-0.25, -0.2) is 0 Å². The van der Waals surface area contributed by atoms with Crippen LogP contribution >= 0.6 is 0 Å². The highest BCUT2D eigenvalue weighted by Gasteiger charge is 2.70. The van der Waals surface area contributed by atoms with E-state index in [1.807, 2.05) is 13.0 Å².